The van der Waals surface area contributed by atoms with E-state index in [2.05, 4.69) is 24.8 Å². The lowest BCUT2D eigenvalue weighted by Gasteiger charge is -2.18. The number of esters is 1. The number of hydrogen-bond donors (Lipinski definition) is 0. The van der Waals surface area contributed by atoms with Crippen LogP contribution in [-0.2, 0) is 17.6 Å². The van der Waals surface area contributed by atoms with Gasteiger partial charge in [0.25, 0.3) is 0 Å². The summed E-state index contributed by atoms with van der Waals surface area (Å²) in [6, 6.07) is 6.02. The minimum Gasteiger partial charge on any atom is -0.461 e. The number of hydrogen-bond acceptors (Lipinski definition) is 3. The highest BCUT2D eigenvalue weighted by Crippen LogP contribution is 2.22. The number of likely N-dealkylation sites (N-methyl/N-ethyl adjacent to an activating group) is 1. The monoisotopic (exact) mass is 275 g/mol. The third-order valence-electron chi connectivity index (χ3n) is 4.12. The molecule has 0 amide bonds. The van der Waals surface area contributed by atoms with Crippen LogP contribution in [0.2, 0.25) is 0 Å². The molecule has 0 radical (unpaired) electrons. The maximum Gasteiger partial charge on any atom is 0.338 e. The van der Waals surface area contributed by atoms with Crippen molar-refractivity contribution in [2.45, 2.75) is 39.5 Å². The number of fused-ring (bicyclic) bond motifs is 1. The first kappa shape index (κ1) is 15.0. The number of carbonyl (C=O) groups is 1. The number of ether oxygens (including phenoxy) is 1. The van der Waals surface area contributed by atoms with E-state index in [1.54, 1.807) is 0 Å². The Balaban J connectivity index is 1.89. The zero-order chi connectivity index (χ0) is 14.4. The van der Waals surface area contributed by atoms with Gasteiger partial charge in [0.1, 0.15) is 6.61 Å². The fourth-order valence-electron chi connectivity index (χ4n) is 2.75. The molecule has 2 rings (SSSR count). The van der Waals surface area contributed by atoms with Gasteiger partial charge in [-0.3, -0.25) is 0 Å². The second-order valence-corrected chi connectivity index (χ2v) is 5.35. The predicted molar refractivity (Wildman–Crippen MR) is 81.2 cm³/mol. The van der Waals surface area contributed by atoms with Crippen LogP contribution in [0.3, 0.4) is 0 Å². The average molecular weight is 275 g/mol. The first-order valence-electron chi connectivity index (χ1n) is 7.75. The topological polar surface area (TPSA) is 29.5 Å². The Bertz CT molecular complexity index is 452. The molecular weight excluding hydrogens is 250 g/mol. The van der Waals surface area contributed by atoms with Crippen molar-refractivity contribution in [1.29, 1.82) is 0 Å². The van der Waals surface area contributed by atoms with Gasteiger partial charge in [-0.1, -0.05) is 19.9 Å². The fraction of sp³-hybridized carbons (Fsp3) is 0.588. The van der Waals surface area contributed by atoms with Crippen LogP contribution in [0.5, 0.6) is 0 Å². The van der Waals surface area contributed by atoms with Gasteiger partial charge in [-0.05, 0) is 62.0 Å². The lowest BCUT2D eigenvalue weighted by molar-refractivity contribution is 0.0466. The van der Waals surface area contributed by atoms with Gasteiger partial charge in [0.2, 0.25) is 0 Å². The first-order valence-corrected chi connectivity index (χ1v) is 7.75. The summed E-state index contributed by atoms with van der Waals surface area (Å²) in [5, 5.41) is 0. The van der Waals surface area contributed by atoms with E-state index in [0.29, 0.717) is 12.2 Å². The molecule has 0 bridgehead atoms. The average Bonchev–Trinajstić information content (AvgIpc) is 2.51. The molecule has 0 heterocycles. The lowest BCUT2D eigenvalue weighted by atomic mass is 9.90. The summed E-state index contributed by atoms with van der Waals surface area (Å²) in [5.41, 5.74) is 3.43. The summed E-state index contributed by atoms with van der Waals surface area (Å²) in [6.45, 7) is 7.50. The van der Waals surface area contributed by atoms with E-state index in [9.17, 15) is 4.79 Å². The Morgan fingerprint density at radius 3 is 2.55 bits per heavy atom. The van der Waals surface area contributed by atoms with Gasteiger partial charge in [0.15, 0.2) is 0 Å². The van der Waals surface area contributed by atoms with Crippen molar-refractivity contribution in [3.8, 4) is 0 Å². The molecule has 0 aliphatic heterocycles. The van der Waals surface area contributed by atoms with Gasteiger partial charge in [-0.2, -0.15) is 0 Å². The normalized spacial score (nSPS) is 14.2. The van der Waals surface area contributed by atoms with Crippen LogP contribution in [0.25, 0.3) is 0 Å². The zero-order valence-electron chi connectivity index (χ0n) is 12.7. The molecule has 1 aliphatic rings. The minimum atomic E-state index is -0.189. The summed E-state index contributed by atoms with van der Waals surface area (Å²) in [6.07, 6.45) is 4.73. The van der Waals surface area contributed by atoms with Crippen molar-refractivity contribution in [3.63, 3.8) is 0 Å². The maximum absolute atomic E-state index is 12.0. The molecule has 0 atom stereocenters. The van der Waals surface area contributed by atoms with Gasteiger partial charge in [-0.15, -0.1) is 0 Å². The largest absolute Gasteiger partial charge is 0.461 e. The van der Waals surface area contributed by atoms with E-state index < -0.39 is 0 Å². The quantitative estimate of drug-likeness (QED) is 0.747. The van der Waals surface area contributed by atoms with Crippen LogP contribution >= 0.6 is 0 Å². The van der Waals surface area contributed by atoms with Gasteiger partial charge < -0.3 is 9.64 Å². The molecule has 0 fully saturated rings. The van der Waals surface area contributed by atoms with E-state index in [1.807, 2.05) is 12.1 Å². The van der Waals surface area contributed by atoms with E-state index in [0.717, 1.165) is 32.5 Å². The first-order chi connectivity index (χ1) is 9.74. The van der Waals surface area contributed by atoms with Gasteiger partial charge in [0, 0.05) is 6.54 Å². The molecule has 0 aromatic heterocycles. The summed E-state index contributed by atoms with van der Waals surface area (Å²) >= 11 is 0. The summed E-state index contributed by atoms with van der Waals surface area (Å²) < 4.78 is 5.37. The van der Waals surface area contributed by atoms with Crippen LogP contribution in [0.1, 0.15) is 48.2 Å². The molecule has 1 aliphatic carbocycles. The van der Waals surface area contributed by atoms with Gasteiger partial charge in [0.05, 0.1) is 5.56 Å². The molecule has 0 spiro atoms. The highest BCUT2D eigenvalue weighted by Gasteiger charge is 2.13. The fourth-order valence-corrected chi connectivity index (χ4v) is 2.75. The van der Waals surface area contributed by atoms with E-state index in [4.69, 9.17) is 4.74 Å². The van der Waals surface area contributed by atoms with E-state index >= 15 is 0 Å². The van der Waals surface area contributed by atoms with Crippen LogP contribution in [-0.4, -0.2) is 37.1 Å². The number of benzene rings is 1. The van der Waals surface area contributed by atoms with Crippen molar-refractivity contribution < 1.29 is 9.53 Å². The maximum atomic E-state index is 12.0. The molecular formula is C17H25NO2. The Morgan fingerprint density at radius 2 is 1.85 bits per heavy atom. The number of rotatable bonds is 6. The van der Waals surface area contributed by atoms with Crippen LogP contribution in [0, 0.1) is 0 Å². The van der Waals surface area contributed by atoms with Crippen molar-refractivity contribution in [1.82, 2.24) is 4.90 Å². The highest BCUT2D eigenvalue weighted by molar-refractivity contribution is 5.89. The van der Waals surface area contributed by atoms with Crippen molar-refractivity contribution >= 4 is 5.97 Å². The second-order valence-electron chi connectivity index (χ2n) is 5.35. The van der Waals surface area contributed by atoms with Crippen LogP contribution in [0.4, 0.5) is 0 Å². The van der Waals surface area contributed by atoms with Crippen molar-refractivity contribution in [2.75, 3.05) is 26.2 Å². The van der Waals surface area contributed by atoms with Crippen LogP contribution < -0.4 is 0 Å². The Hall–Kier alpha value is -1.35. The summed E-state index contributed by atoms with van der Waals surface area (Å²) in [5.74, 6) is -0.189. The Morgan fingerprint density at radius 1 is 1.15 bits per heavy atom. The smallest absolute Gasteiger partial charge is 0.338 e. The Labute approximate surface area is 121 Å². The number of nitrogens with zero attached hydrogens (tertiary/aromatic N) is 1. The van der Waals surface area contributed by atoms with E-state index in [1.165, 1.54) is 24.0 Å². The predicted octanol–water partition coefficient (Wildman–Crippen LogP) is 3.06. The molecule has 110 valence electrons. The van der Waals surface area contributed by atoms with E-state index in [-0.39, 0.29) is 5.97 Å². The second kappa shape index (κ2) is 7.44. The van der Waals surface area contributed by atoms with Crippen molar-refractivity contribution in [3.05, 3.63) is 34.9 Å². The molecule has 0 N–H and O–H groups in total. The number of aryl methyl sites for hydroxylation is 2. The minimum absolute atomic E-state index is 0.189. The molecule has 3 nitrogen and oxygen atoms in total. The zero-order valence-corrected chi connectivity index (χ0v) is 12.7. The third-order valence-corrected chi connectivity index (χ3v) is 4.12. The van der Waals surface area contributed by atoms with Crippen molar-refractivity contribution in [2.24, 2.45) is 0 Å². The Kier molecular flexibility index (Phi) is 5.60. The lowest BCUT2D eigenvalue weighted by Crippen LogP contribution is -2.27. The summed E-state index contributed by atoms with van der Waals surface area (Å²) in [4.78, 5) is 14.3. The van der Waals surface area contributed by atoms with Gasteiger partial charge >= 0.3 is 5.97 Å². The highest BCUT2D eigenvalue weighted by atomic mass is 16.5. The molecule has 20 heavy (non-hydrogen) atoms. The standard InChI is InChI=1S/C17H25NO2/c1-3-18(4-2)11-12-20-17(19)16-10-9-14-7-5-6-8-15(14)13-16/h9-10,13H,3-8,11-12H2,1-2H3. The van der Waals surface area contributed by atoms with Gasteiger partial charge in [-0.25, -0.2) is 4.79 Å². The molecule has 1 aromatic carbocycles. The molecule has 1 aromatic rings. The number of carbonyl (C=O) groups excluding carboxylic acids is 1. The molecule has 0 saturated carbocycles. The SMILES string of the molecule is CCN(CC)CCOC(=O)c1ccc2c(c1)CCCC2. The third kappa shape index (κ3) is 3.83. The summed E-state index contributed by atoms with van der Waals surface area (Å²) in [7, 11) is 0. The van der Waals surface area contributed by atoms with Crippen LogP contribution in [0.15, 0.2) is 18.2 Å². The molecule has 0 saturated heterocycles. The molecule has 3 heteroatoms. The molecule has 0 unspecified atom stereocenters.